The molecule has 1 saturated heterocycles. The van der Waals surface area contributed by atoms with Gasteiger partial charge in [-0.2, -0.15) is 5.10 Å². The zero-order chi connectivity index (χ0) is 22.6. The highest BCUT2D eigenvalue weighted by Gasteiger charge is 2.42. The monoisotopic (exact) mass is 443 g/mol. The topological polar surface area (TPSA) is 82.2 Å². The smallest absolute Gasteiger partial charge is 0.272 e. The van der Waals surface area contributed by atoms with Gasteiger partial charge in [0.2, 0.25) is 0 Å². The van der Waals surface area contributed by atoms with E-state index in [1.54, 1.807) is 18.6 Å². The Balaban J connectivity index is 1.37. The van der Waals surface area contributed by atoms with Crippen LogP contribution in [0.4, 0.5) is 0 Å². The van der Waals surface area contributed by atoms with Gasteiger partial charge in [-0.1, -0.05) is 36.4 Å². The highest BCUT2D eigenvalue weighted by Crippen LogP contribution is 2.36. The quantitative estimate of drug-likeness (QED) is 0.605. The van der Waals surface area contributed by atoms with Crippen LogP contribution in [0.25, 0.3) is 0 Å². The number of rotatable bonds is 7. The molecule has 0 radical (unpaired) electrons. The highest BCUT2D eigenvalue weighted by molar-refractivity contribution is 5.94. The van der Waals surface area contributed by atoms with E-state index in [0.29, 0.717) is 30.3 Å². The number of hydrogen-bond acceptors (Lipinski definition) is 4. The molecular formula is C26H29N5O2. The fourth-order valence-electron chi connectivity index (χ4n) is 4.95. The van der Waals surface area contributed by atoms with Gasteiger partial charge >= 0.3 is 0 Å². The number of carbonyl (C=O) groups is 2. The third-order valence-electron chi connectivity index (χ3n) is 6.82. The van der Waals surface area contributed by atoms with Crippen molar-refractivity contribution >= 4 is 11.8 Å². The number of nitrogens with one attached hydrogen (secondary N) is 1. The predicted octanol–water partition coefficient (Wildman–Crippen LogP) is 3.57. The highest BCUT2D eigenvalue weighted by atomic mass is 16.2. The van der Waals surface area contributed by atoms with Crippen LogP contribution in [0.5, 0.6) is 0 Å². The maximum Gasteiger partial charge on any atom is 0.272 e. The Morgan fingerprint density at radius 3 is 2.42 bits per heavy atom. The zero-order valence-corrected chi connectivity index (χ0v) is 18.6. The maximum atomic E-state index is 13.6. The van der Waals surface area contributed by atoms with Crippen molar-refractivity contribution in [3.63, 3.8) is 0 Å². The Morgan fingerprint density at radius 1 is 1.03 bits per heavy atom. The second-order valence-corrected chi connectivity index (χ2v) is 9.03. The first-order chi connectivity index (χ1) is 16.2. The molecule has 3 heterocycles. The van der Waals surface area contributed by atoms with E-state index in [4.69, 9.17) is 0 Å². The lowest BCUT2D eigenvalue weighted by Gasteiger charge is -2.41. The molecule has 5 rings (SSSR count). The number of amides is 2. The number of carbonyl (C=O) groups excluding carboxylic acids is 2. The molecule has 0 unspecified atom stereocenters. The average Bonchev–Trinajstić information content (AvgIpc) is 3.55. The SMILES string of the molecule is O=C(c1cn[nH]c1)N1CCC([C@@H](Cc2ccccc2)N(C(=O)c2ccccn2)C2CC2)CC1. The van der Waals surface area contributed by atoms with E-state index < -0.39 is 0 Å². The van der Waals surface area contributed by atoms with Crippen LogP contribution in [0.2, 0.25) is 0 Å². The summed E-state index contributed by atoms with van der Waals surface area (Å²) in [5.41, 5.74) is 2.34. The number of benzene rings is 1. The molecule has 2 amide bonds. The van der Waals surface area contributed by atoms with E-state index in [9.17, 15) is 9.59 Å². The zero-order valence-electron chi connectivity index (χ0n) is 18.6. The Hall–Kier alpha value is -3.48. The van der Waals surface area contributed by atoms with Crippen molar-refractivity contribution in [1.29, 1.82) is 0 Å². The van der Waals surface area contributed by atoms with Crippen LogP contribution in [0.1, 0.15) is 52.1 Å². The van der Waals surface area contributed by atoms with Gasteiger partial charge in [-0.3, -0.25) is 19.7 Å². The lowest BCUT2D eigenvalue weighted by Crippen LogP contribution is -2.51. The van der Waals surface area contributed by atoms with Gasteiger partial charge in [0.1, 0.15) is 5.69 Å². The van der Waals surface area contributed by atoms with Crippen molar-refractivity contribution in [2.24, 2.45) is 5.92 Å². The number of piperidine rings is 1. The van der Waals surface area contributed by atoms with Crippen LogP contribution >= 0.6 is 0 Å². The maximum absolute atomic E-state index is 13.6. The molecule has 7 nitrogen and oxygen atoms in total. The van der Waals surface area contributed by atoms with E-state index in [0.717, 1.165) is 32.1 Å². The summed E-state index contributed by atoms with van der Waals surface area (Å²) in [6.45, 7) is 1.38. The second-order valence-electron chi connectivity index (χ2n) is 9.03. The van der Waals surface area contributed by atoms with Crippen LogP contribution < -0.4 is 0 Å². The molecule has 2 fully saturated rings. The summed E-state index contributed by atoms with van der Waals surface area (Å²) >= 11 is 0. The Morgan fingerprint density at radius 2 is 1.79 bits per heavy atom. The Kier molecular flexibility index (Phi) is 6.19. The first-order valence-electron chi connectivity index (χ1n) is 11.8. The van der Waals surface area contributed by atoms with E-state index >= 15 is 0 Å². The number of H-pyrrole nitrogens is 1. The molecular weight excluding hydrogens is 414 g/mol. The number of nitrogens with zero attached hydrogens (tertiary/aromatic N) is 4. The van der Waals surface area contributed by atoms with Crippen molar-refractivity contribution in [3.8, 4) is 0 Å². The molecule has 1 atom stereocenters. The number of aromatic amines is 1. The summed E-state index contributed by atoms with van der Waals surface area (Å²) in [5, 5.41) is 6.62. The van der Waals surface area contributed by atoms with Crippen LogP contribution in [-0.4, -0.2) is 62.0 Å². The third kappa shape index (κ3) is 4.82. The van der Waals surface area contributed by atoms with Crippen molar-refractivity contribution in [1.82, 2.24) is 25.0 Å². The van der Waals surface area contributed by atoms with Gasteiger partial charge in [0.25, 0.3) is 11.8 Å². The van der Waals surface area contributed by atoms with Gasteiger partial charge < -0.3 is 9.80 Å². The van der Waals surface area contributed by atoms with Gasteiger partial charge in [0.05, 0.1) is 11.8 Å². The van der Waals surface area contributed by atoms with Gasteiger partial charge in [-0.15, -0.1) is 0 Å². The van der Waals surface area contributed by atoms with Crippen molar-refractivity contribution in [2.45, 2.75) is 44.2 Å². The number of hydrogen-bond donors (Lipinski definition) is 1. The summed E-state index contributed by atoms with van der Waals surface area (Å²) in [6.07, 6.45) is 9.56. The summed E-state index contributed by atoms with van der Waals surface area (Å²) in [5.74, 6) is 0.369. The first kappa shape index (κ1) is 21.4. The van der Waals surface area contributed by atoms with E-state index in [-0.39, 0.29) is 23.9 Å². The molecule has 0 bridgehead atoms. The van der Waals surface area contributed by atoms with E-state index in [2.05, 4.69) is 44.3 Å². The summed E-state index contributed by atoms with van der Waals surface area (Å²) in [7, 11) is 0. The van der Waals surface area contributed by atoms with Crippen LogP contribution in [0, 0.1) is 5.92 Å². The van der Waals surface area contributed by atoms with Gasteiger partial charge in [-0.25, -0.2) is 0 Å². The third-order valence-corrected chi connectivity index (χ3v) is 6.82. The predicted molar refractivity (Wildman–Crippen MR) is 125 cm³/mol. The minimum atomic E-state index is 0.0189. The van der Waals surface area contributed by atoms with E-state index in [1.807, 2.05) is 29.2 Å². The van der Waals surface area contributed by atoms with Crippen molar-refractivity contribution in [2.75, 3.05) is 13.1 Å². The van der Waals surface area contributed by atoms with Gasteiger partial charge in [-0.05, 0) is 55.7 Å². The lowest BCUT2D eigenvalue weighted by molar-refractivity contribution is 0.0442. The molecule has 1 aliphatic heterocycles. The molecule has 7 heteroatoms. The first-order valence-corrected chi connectivity index (χ1v) is 11.8. The molecule has 1 aromatic carbocycles. The largest absolute Gasteiger partial charge is 0.339 e. The van der Waals surface area contributed by atoms with Crippen LogP contribution in [0.3, 0.4) is 0 Å². The molecule has 0 spiro atoms. The van der Waals surface area contributed by atoms with Crippen molar-refractivity contribution in [3.05, 3.63) is 83.9 Å². The lowest BCUT2D eigenvalue weighted by atomic mass is 9.84. The summed E-state index contributed by atoms with van der Waals surface area (Å²) < 4.78 is 0. The number of likely N-dealkylation sites (tertiary alicyclic amines) is 1. The molecule has 2 aromatic heterocycles. The fourth-order valence-corrected chi connectivity index (χ4v) is 4.95. The molecule has 3 aromatic rings. The normalized spacial score (nSPS) is 17.5. The van der Waals surface area contributed by atoms with Crippen molar-refractivity contribution < 1.29 is 9.59 Å². The number of pyridine rings is 1. The molecule has 170 valence electrons. The standard InChI is InChI=1S/C26H29N5O2/c32-25(21-17-28-29-18-21)30-14-11-20(12-15-30)24(16-19-6-2-1-3-7-19)31(22-9-10-22)26(33)23-8-4-5-13-27-23/h1-8,13,17-18,20,22,24H,9-12,14-16H2,(H,28,29)/t24-/m1/s1. The minimum absolute atomic E-state index is 0.0189. The van der Waals surface area contributed by atoms with Gasteiger partial charge in [0, 0.05) is 37.6 Å². The molecule has 1 N–H and O–H groups in total. The van der Waals surface area contributed by atoms with E-state index in [1.165, 1.54) is 5.56 Å². The average molecular weight is 444 g/mol. The fraction of sp³-hybridized carbons (Fsp3) is 0.385. The summed E-state index contributed by atoms with van der Waals surface area (Å²) in [4.78, 5) is 34.8. The second kappa shape index (κ2) is 9.57. The Labute approximate surface area is 193 Å². The Bertz CT molecular complexity index is 1060. The number of aromatic nitrogens is 3. The van der Waals surface area contributed by atoms with Crippen LogP contribution in [0.15, 0.2) is 67.1 Å². The molecule has 33 heavy (non-hydrogen) atoms. The van der Waals surface area contributed by atoms with Gasteiger partial charge in [0.15, 0.2) is 0 Å². The summed E-state index contributed by atoms with van der Waals surface area (Å²) in [6, 6.07) is 16.3. The molecule has 1 aliphatic carbocycles. The minimum Gasteiger partial charge on any atom is -0.339 e. The van der Waals surface area contributed by atoms with Crippen LogP contribution in [-0.2, 0) is 6.42 Å². The molecule has 1 saturated carbocycles. The molecule has 2 aliphatic rings.